The van der Waals surface area contributed by atoms with Gasteiger partial charge in [-0.1, -0.05) is 125 Å². The zero-order valence-electron chi connectivity index (χ0n) is 73.1. The van der Waals surface area contributed by atoms with Crippen molar-refractivity contribution in [1.29, 1.82) is 0 Å². The van der Waals surface area contributed by atoms with Crippen LogP contribution in [-0.4, -0.2) is 103 Å². The first kappa shape index (κ1) is 84.9. The number of phenols is 6. The summed E-state index contributed by atoms with van der Waals surface area (Å²) >= 11 is 0. The molecule has 0 aliphatic rings. The van der Waals surface area contributed by atoms with Crippen LogP contribution in [0.3, 0.4) is 0 Å². The summed E-state index contributed by atoms with van der Waals surface area (Å²) in [7, 11) is 9.19. The molecule has 18 heteroatoms. The molecule has 0 fully saturated rings. The zero-order chi connectivity index (χ0) is 86.9. The molecular formula is C102H108N6O12. The number of methoxy groups -OCH3 is 6. The molecule has 18 bridgehead atoms. The Morgan fingerprint density at radius 1 is 0.175 bits per heavy atom. The Morgan fingerprint density at radius 3 is 0.408 bits per heavy atom. The fourth-order valence-electron chi connectivity index (χ4n) is 14.7. The lowest BCUT2D eigenvalue weighted by Crippen LogP contribution is -2.10. The molecular weight excluding hydrogens is 1500 g/mol. The van der Waals surface area contributed by atoms with Gasteiger partial charge in [0.25, 0.3) is 0 Å². The number of fused-ring (bicyclic) bond motifs is 6. The van der Waals surface area contributed by atoms with Gasteiger partial charge in [-0.3, -0.25) is 29.9 Å². The predicted molar refractivity (Wildman–Crippen MR) is 491 cm³/mol. The van der Waals surface area contributed by atoms with Crippen molar-refractivity contribution in [3.8, 4) is 69.0 Å². The van der Waals surface area contributed by atoms with Crippen molar-refractivity contribution in [2.24, 2.45) is 0 Å². The van der Waals surface area contributed by atoms with E-state index in [1.807, 2.05) is 109 Å². The van der Waals surface area contributed by atoms with Crippen molar-refractivity contribution in [2.45, 2.75) is 157 Å². The Morgan fingerprint density at radius 2 is 0.300 bits per heavy atom. The summed E-state index contributed by atoms with van der Waals surface area (Å²) in [5, 5.41) is 87.5. The van der Waals surface area contributed by atoms with E-state index in [-0.39, 0.29) is 34.5 Å². The number of ether oxygens (including phenoxy) is 6. The molecule has 0 atom stereocenters. The van der Waals surface area contributed by atoms with E-state index in [0.717, 1.165) is 33.4 Å². The molecule has 0 radical (unpaired) electrons. The van der Waals surface area contributed by atoms with Crippen LogP contribution in [0.4, 0.5) is 0 Å². The number of hydrogen-bond donors (Lipinski definition) is 6. The largest absolute Gasteiger partial charge is 0.507 e. The monoisotopic (exact) mass is 1610 g/mol. The van der Waals surface area contributed by atoms with Gasteiger partial charge in [0.2, 0.25) is 0 Å². The Bertz CT molecular complexity index is 5800. The van der Waals surface area contributed by atoms with E-state index in [9.17, 15) is 30.6 Å². The van der Waals surface area contributed by atoms with Gasteiger partial charge in [0, 0.05) is 138 Å². The molecule has 0 aliphatic heterocycles. The number of hydrogen-bond acceptors (Lipinski definition) is 18. The van der Waals surface area contributed by atoms with Crippen LogP contribution >= 0.6 is 0 Å². The average molecular weight is 1610 g/mol. The minimum Gasteiger partial charge on any atom is -0.507 e. The highest BCUT2D eigenvalue weighted by Gasteiger charge is 2.25. The van der Waals surface area contributed by atoms with Crippen LogP contribution in [0.15, 0.2) is 183 Å². The molecule has 14 aromatic rings. The number of rotatable bonds is 6. The molecule has 618 valence electrons. The van der Waals surface area contributed by atoms with Gasteiger partial charge in [0.15, 0.2) is 34.5 Å². The second-order valence-electron chi connectivity index (χ2n) is 37.0. The first-order valence-corrected chi connectivity index (χ1v) is 40.0. The molecule has 3 aromatic heterocycles. The van der Waals surface area contributed by atoms with Crippen LogP contribution in [0.1, 0.15) is 158 Å². The van der Waals surface area contributed by atoms with Crippen LogP contribution < -0.4 is 28.4 Å². The minimum atomic E-state index is -0.535. The highest BCUT2D eigenvalue weighted by atomic mass is 16.5. The molecule has 14 rings (SSSR count). The van der Waals surface area contributed by atoms with Crippen molar-refractivity contribution in [1.82, 2.24) is 29.9 Å². The molecule has 0 saturated heterocycles. The van der Waals surface area contributed by atoms with Gasteiger partial charge in [0.1, 0.15) is 34.5 Å². The summed E-state index contributed by atoms with van der Waals surface area (Å²) in [5.74, 6) is 1.26. The normalized spacial score (nSPS) is 12.2. The van der Waals surface area contributed by atoms with E-state index in [0.29, 0.717) is 165 Å². The second-order valence-corrected chi connectivity index (χ2v) is 37.0. The fourth-order valence-corrected chi connectivity index (χ4v) is 14.7. The number of aromatic nitrogens is 6. The molecule has 3 heterocycles. The zero-order valence-corrected chi connectivity index (χ0v) is 73.1. The quantitative estimate of drug-likeness (QED) is 0.0905. The Balaban J connectivity index is 1.42. The van der Waals surface area contributed by atoms with E-state index in [1.54, 1.807) is 73.6 Å². The van der Waals surface area contributed by atoms with E-state index >= 15 is 0 Å². The van der Waals surface area contributed by atoms with Crippen molar-refractivity contribution < 1.29 is 59.1 Å². The van der Waals surface area contributed by atoms with Crippen LogP contribution in [0.2, 0.25) is 0 Å². The first-order valence-electron chi connectivity index (χ1n) is 40.0. The van der Waals surface area contributed by atoms with Gasteiger partial charge in [-0.25, -0.2) is 0 Å². The van der Waals surface area contributed by atoms with Gasteiger partial charge >= 0.3 is 0 Å². The summed E-state index contributed by atoms with van der Waals surface area (Å²) in [4.78, 5) is 31.1. The second kappa shape index (κ2) is 32.1. The minimum absolute atomic E-state index is 0.139. The van der Waals surface area contributed by atoms with Gasteiger partial charge in [-0.2, -0.15) is 0 Å². The van der Waals surface area contributed by atoms with E-state index in [4.69, 9.17) is 58.3 Å². The van der Waals surface area contributed by atoms with E-state index < -0.39 is 32.5 Å². The molecule has 0 amide bonds. The molecule has 0 unspecified atom stereocenters. The number of benzene rings is 11. The fraction of sp³-hybridized carbons (Fsp3) is 0.294. The molecule has 120 heavy (non-hydrogen) atoms. The van der Waals surface area contributed by atoms with Gasteiger partial charge < -0.3 is 59.1 Å². The lowest BCUT2D eigenvalue weighted by Gasteiger charge is -2.21. The lowest BCUT2D eigenvalue weighted by molar-refractivity contribution is 0.355. The molecule has 0 aliphatic carbocycles. The smallest absolute Gasteiger partial charge is 0.163 e. The number of aromatic hydroxyl groups is 6. The third-order valence-corrected chi connectivity index (χ3v) is 22.3. The van der Waals surface area contributed by atoms with Gasteiger partial charge in [0.05, 0.1) is 75.8 Å². The predicted octanol–water partition coefficient (Wildman–Crippen LogP) is 24.7. The Labute approximate surface area is 700 Å². The number of phenolic OH excluding ortho intramolecular Hbond substituents is 6. The highest BCUT2D eigenvalue weighted by molar-refractivity contribution is 6.10. The Hall–Kier alpha value is -13.0. The highest BCUT2D eigenvalue weighted by Crippen LogP contribution is 2.46. The third-order valence-electron chi connectivity index (χ3n) is 22.3. The van der Waals surface area contributed by atoms with Gasteiger partial charge in [-0.15, -0.1) is 0 Å². The molecule has 11 aromatic carbocycles. The molecule has 0 saturated carbocycles. The topological polar surface area (TPSA) is 254 Å². The van der Waals surface area contributed by atoms with Crippen molar-refractivity contribution >= 4 is 130 Å². The lowest BCUT2D eigenvalue weighted by atomic mass is 9.84. The molecule has 18 nitrogen and oxygen atoms in total. The molecule has 6 N–H and O–H groups in total. The van der Waals surface area contributed by atoms with Crippen molar-refractivity contribution in [3.05, 3.63) is 216 Å². The van der Waals surface area contributed by atoms with Crippen LogP contribution in [0.25, 0.3) is 130 Å². The molecule has 0 spiro atoms. The summed E-state index contributed by atoms with van der Waals surface area (Å²) in [6, 6.07) is 44.9. The van der Waals surface area contributed by atoms with Gasteiger partial charge in [-0.05, 0) is 207 Å². The maximum Gasteiger partial charge on any atom is 0.163 e. The third kappa shape index (κ3) is 17.2. The Kier molecular flexibility index (Phi) is 22.7. The average Bonchev–Trinajstić information content (AvgIpc) is 0.757. The van der Waals surface area contributed by atoms with Crippen LogP contribution in [0.5, 0.6) is 69.0 Å². The van der Waals surface area contributed by atoms with E-state index in [2.05, 4.69) is 125 Å². The standard InChI is InChI=1S/C102H108N6O12/c1-97(2,3)67-31-61-49-103-79-43-85(115-19)86(116-20)44-80(79)104-50-64-34-70(100(10,11)12)40-76(94(64)112)58-28-59-30-60(29-58)78-42-72(102(16,17)18)36-66(96(78)114)54-108-84-48-90(120-24)88(118-22)46-82(84)106-52-63-33-69(99(7,8)9)39-75(93(63)111)57-26-55(73(37-67)91(61)109)25-56(27-57)74-38-68(98(4,5)6)32-62(92(74)110)51-105-81-45-87(117-21)89(119-23)47-83(81)107-53-65-35-71(101(13,14)15)41-77(59)95(65)113/h25-54,109-114H,1-24H3. The first-order chi connectivity index (χ1) is 56.4. The summed E-state index contributed by atoms with van der Waals surface area (Å²) < 4.78 is 35.7. The number of nitrogens with zero attached hydrogens (tertiary/aromatic N) is 6. The SMILES string of the molecule is COc1cc2ncc3cc(C(C)(C)C)cc(c3O)c3cc4cc(c3)c3cc(C(C)(C)C)cc(cnc5cc(OC)c(OC)cc5ncc5cc(C(C)(C)C)cc(c5O)c5cc(cc(c5)c5cc(C(C)(C)C)cc(cnc6cc(OC)c(OC)cc6ncc6cc(C(C)(C)C)cc4c6O)c5O)c4cc(C(C)(C)C)cc(cnc2cc1OC)c4O)c3O. The maximum absolute atomic E-state index is 13.4. The summed E-state index contributed by atoms with van der Waals surface area (Å²) in [6.45, 7) is 37.6. The van der Waals surface area contributed by atoms with Crippen LogP contribution in [-0.2, 0) is 32.5 Å². The van der Waals surface area contributed by atoms with Crippen molar-refractivity contribution in [2.75, 3.05) is 42.7 Å². The maximum atomic E-state index is 13.4. The van der Waals surface area contributed by atoms with Crippen molar-refractivity contribution in [3.63, 3.8) is 0 Å². The summed E-state index contributed by atoms with van der Waals surface area (Å²) in [5.41, 5.74) is 3.66. The van der Waals surface area contributed by atoms with E-state index in [1.165, 1.54) is 42.7 Å². The van der Waals surface area contributed by atoms with Crippen LogP contribution in [0, 0.1) is 0 Å². The summed E-state index contributed by atoms with van der Waals surface area (Å²) in [6.07, 6.45) is 9.54.